The number of hydrogen-bond acceptors (Lipinski definition) is 4. The topological polar surface area (TPSA) is 88.1 Å². The molecule has 0 heterocycles. The zero-order chi connectivity index (χ0) is 12.7. The van der Waals surface area contributed by atoms with Crippen LogP contribution in [0.5, 0.6) is 5.75 Å². The van der Waals surface area contributed by atoms with Gasteiger partial charge in [-0.15, -0.1) is 0 Å². The average molecular weight is 233 g/mol. The van der Waals surface area contributed by atoms with Crippen LogP contribution in [0.3, 0.4) is 0 Å². The van der Waals surface area contributed by atoms with Crippen LogP contribution in [0.25, 0.3) is 0 Å². The highest BCUT2D eigenvalue weighted by Gasteiger charge is 2.10. The minimum Gasteiger partial charge on any atom is -0.479 e. The summed E-state index contributed by atoms with van der Waals surface area (Å²) in [5.74, 6) is 0.263. The van der Waals surface area contributed by atoms with Crippen LogP contribution >= 0.6 is 0 Å². The first-order valence-corrected chi connectivity index (χ1v) is 5.28. The minimum atomic E-state index is -0.218. The molecular weight excluding hydrogens is 218 g/mol. The fourth-order valence-corrected chi connectivity index (χ4v) is 1.12. The van der Waals surface area contributed by atoms with Crippen LogP contribution < -0.4 is 15.8 Å². The fraction of sp³-hybridized carbons (Fsp3) is 0.333. The number of benzene rings is 1. The van der Waals surface area contributed by atoms with Crippen LogP contribution in [-0.2, 0) is 4.79 Å². The number of nitriles is 1. The molecule has 0 spiro atoms. The van der Waals surface area contributed by atoms with Gasteiger partial charge in [-0.05, 0) is 24.3 Å². The second kappa shape index (κ2) is 6.51. The van der Waals surface area contributed by atoms with E-state index < -0.39 is 0 Å². The number of anilines is 1. The van der Waals surface area contributed by atoms with Gasteiger partial charge in [-0.1, -0.05) is 6.92 Å². The molecule has 0 radical (unpaired) electrons. The average Bonchev–Trinajstić information content (AvgIpc) is 2.37. The summed E-state index contributed by atoms with van der Waals surface area (Å²) in [5, 5.41) is 11.1. The Morgan fingerprint density at radius 3 is 2.71 bits per heavy atom. The lowest BCUT2D eigenvalue weighted by atomic mass is 10.1. The number of ether oxygens (including phenoxy) is 1. The second-order valence-electron chi connectivity index (χ2n) is 3.60. The van der Waals surface area contributed by atoms with Crippen LogP contribution in [0.4, 0.5) is 5.69 Å². The molecule has 0 fully saturated rings. The quantitative estimate of drug-likeness (QED) is 0.797. The molecule has 0 saturated carbocycles. The van der Waals surface area contributed by atoms with Crippen LogP contribution in [0, 0.1) is 17.2 Å². The monoisotopic (exact) mass is 233 g/mol. The molecule has 0 aliphatic carbocycles. The van der Waals surface area contributed by atoms with Crippen molar-refractivity contribution in [2.75, 3.05) is 18.5 Å². The zero-order valence-corrected chi connectivity index (χ0v) is 9.64. The molecule has 0 aliphatic heterocycles. The predicted molar refractivity (Wildman–Crippen MR) is 64.4 cm³/mol. The Hall–Kier alpha value is -2.06. The van der Waals surface area contributed by atoms with Gasteiger partial charge in [-0.25, -0.2) is 0 Å². The molecule has 17 heavy (non-hydrogen) atoms. The van der Waals surface area contributed by atoms with Gasteiger partial charge >= 0.3 is 0 Å². The number of rotatable bonds is 5. The Kier molecular flexibility index (Phi) is 4.98. The van der Waals surface area contributed by atoms with E-state index in [0.29, 0.717) is 18.0 Å². The number of nitrogens with one attached hydrogen (secondary N) is 1. The molecule has 0 aliphatic rings. The molecule has 0 aromatic heterocycles. The van der Waals surface area contributed by atoms with Crippen molar-refractivity contribution < 1.29 is 9.53 Å². The molecule has 5 heteroatoms. The molecule has 3 N–H and O–H groups in total. The second-order valence-corrected chi connectivity index (χ2v) is 3.60. The third-order valence-electron chi connectivity index (χ3n) is 2.23. The van der Waals surface area contributed by atoms with Gasteiger partial charge in [0.25, 0.3) is 0 Å². The van der Waals surface area contributed by atoms with Crippen molar-refractivity contribution in [1.82, 2.24) is 0 Å². The van der Waals surface area contributed by atoms with Gasteiger partial charge in [-0.2, -0.15) is 5.26 Å². The molecule has 0 bridgehead atoms. The summed E-state index contributed by atoms with van der Waals surface area (Å²) in [6.07, 6.45) is 0. The van der Waals surface area contributed by atoms with E-state index in [1.807, 2.05) is 6.07 Å². The van der Waals surface area contributed by atoms with E-state index in [9.17, 15) is 4.79 Å². The third kappa shape index (κ3) is 4.13. The summed E-state index contributed by atoms with van der Waals surface area (Å²) in [6, 6.07) is 8.70. The van der Waals surface area contributed by atoms with Crippen molar-refractivity contribution in [2.45, 2.75) is 6.92 Å². The molecule has 90 valence electrons. The van der Waals surface area contributed by atoms with Crippen molar-refractivity contribution >= 4 is 11.6 Å². The molecule has 1 amide bonds. The molecule has 5 nitrogen and oxygen atoms in total. The summed E-state index contributed by atoms with van der Waals surface area (Å²) in [6.45, 7) is 2.09. The molecule has 1 rings (SSSR count). The Labute approximate surface area is 100 Å². The Morgan fingerprint density at radius 2 is 2.18 bits per heavy atom. The number of carbonyl (C=O) groups is 1. The number of nitrogens with zero attached hydrogens (tertiary/aromatic N) is 1. The van der Waals surface area contributed by atoms with Gasteiger partial charge in [0.1, 0.15) is 11.8 Å². The van der Waals surface area contributed by atoms with E-state index in [2.05, 4.69) is 5.32 Å². The van der Waals surface area contributed by atoms with Crippen LogP contribution in [0.1, 0.15) is 6.92 Å². The van der Waals surface area contributed by atoms with Crippen molar-refractivity contribution in [2.24, 2.45) is 11.7 Å². The Bertz CT molecular complexity index is 409. The minimum absolute atomic E-state index is 0.00983. The van der Waals surface area contributed by atoms with Crippen LogP contribution in [0.2, 0.25) is 0 Å². The summed E-state index contributed by atoms with van der Waals surface area (Å²) in [4.78, 5) is 11.5. The summed E-state index contributed by atoms with van der Waals surface area (Å²) < 4.78 is 5.09. The van der Waals surface area contributed by atoms with E-state index >= 15 is 0 Å². The number of carbonyl (C=O) groups excluding carboxylic acids is 1. The molecule has 1 atom stereocenters. The molecular formula is C12H15N3O2. The molecule has 1 aromatic carbocycles. The summed E-state index contributed by atoms with van der Waals surface area (Å²) in [5.41, 5.74) is 6.07. The Morgan fingerprint density at radius 1 is 1.53 bits per heavy atom. The van der Waals surface area contributed by atoms with Crippen molar-refractivity contribution in [1.29, 1.82) is 5.26 Å². The van der Waals surface area contributed by atoms with Crippen molar-refractivity contribution in [3.05, 3.63) is 24.3 Å². The lowest BCUT2D eigenvalue weighted by Gasteiger charge is -2.10. The zero-order valence-electron chi connectivity index (χ0n) is 9.64. The SMILES string of the molecule is CC(CN)C(=O)Nc1ccc(OCC#N)cc1. The van der Waals surface area contributed by atoms with Crippen LogP contribution in [-0.4, -0.2) is 19.1 Å². The highest BCUT2D eigenvalue weighted by atomic mass is 16.5. The van der Waals surface area contributed by atoms with Gasteiger partial charge < -0.3 is 15.8 Å². The predicted octanol–water partition coefficient (Wildman–Crippen LogP) is 1.12. The van der Waals surface area contributed by atoms with Crippen LogP contribution in [0.15, 0.2) is 24.3 Å². The van der Waals surface area contributed by atoms with Gasteiger partial charge in [0.2, 0.25) is 5.91 Å². The highest BCUT2D eigenvalue weighted by molar-refractivity contribution is 5.92. The molecule has 1 aromatic rings. The maximum Gasteiger partial charge on any atom is 0.228 e. The number of nitrogens with two attached hydrogens (primary N) is 1. The maximum absolute atomic E-state index is 11.5. The van der Waals surface area contributed by atoms with Gasteiger partial charge in [0.15, 0.2) is 6.61 Å². The highest BCUT2D eigenvalue weighted by Crippen LogP contribution is 2.16. The third-order valence-corrected chi connectivity index (χ3v) is 2.23. The van der Waals surface area contributed by atoms with E-state index in [4.69, 9.17) is 15.7 Å². The van der Waals surface area contributed by atoms with Gasteiger partial charge in [0, 0.05) is 18.2 Å². The van der Waals surface area contributed by atoms with E-state index in [1.165, 1.54) is 0 Å². The van der Waals surface area contributed by atoms with E-state index in [-0.39, 0.29) is 18.4 Å². The number of amides is 1. The number of hydrogen-bond donors (Lipinski definition) is 2. The Balaban J connectivity index is 2.57. The first-order valence-electron chi connectivity index (χ1n) is 5.28. The van der Waals surface area contributed by atoms with E-state index in [0.717, 1.165) is 0 Å². The normalized spacial score (nSPS) is 11.4. The first-order chi connectivity index (χ1) is 8.17. The molecule has 0 saturated heterocycles. The van der Waals surface area contributed by atoms with Gasteiger partial charge in [-0.3, -0.25) is 4.79 Å². The largest absolute Gasteiger partial charge is 0.479 e. The summed E-state index contributed by atoms with van der Waals surface area (Å²) >= 11 is 0. The summed E-state index contributed by atoms with van der Waals surface area (Å²) in [7, 11) is 0. The maximum atomic E-state index is 11.5. The fourth-order valence-electron chi connectivity index (χ4n) is 1.12. The molecule has 1 unspecified atom stereocenters. The lowest BCUT2D eigenvalue weighted by Crippen LogP contribution is -2.26. The van der Waals surface area contributed by atoms with Crippen molar-refractivity contribution in [3.8, 4) is 11.8 Å². The standard InChI is InChI=1S/C12H15N3O2/c1-9(8-14)12(16)15-10-2-4-11(5-3-10)17-7-6-13/h2-5,9H,7-8,14H2,1H3,(H,15,16). The first kappa shape index (κ1) is 13.0. The van der Waals surface area contributed by atoms with Crippen molar-refractivity contribution in [3.63, 3.8) is 0 Å². The smallest absolute Gasteiger partial charge is 0.228 e. The van der Waals surface area contributed by atoms with Gasteiger partial charge in [0.05, 0.1) is 0 Å². The lowest BCUT2D eigenvalue weighted by molar-refractivity contribution is -0.119. The van der Waals surface area contributed by atoms with E-state index in [1.54, 1.807) is 31.2 Å².